The first-order valence-corrected chi connectivity index (χ1v) is 3.29. The van der Waals surface area contributed by atoms with Crippen molar-refractivity contribution in [3.05, 3.63) is 10.4 Å². The third-order valence-corrected chi connectivity index (χ3v) is 0.981. The summed E-state index contributed by atoms with van der Waals surface area (Å²) in [4.78, 5) is 13.1. The monoisotopic (exact) mass is 157 g/mol. The van der Waals surface area contributed by atoms with E-state index in [0.29, 0.717) is 13.1 Å². The minimum Gasteiger partial charge on any atom is -0.356 e. The van der Waals surface area contributed by atoms with Crippen LogP contribution in [0.4, 0.5) is 0 Å². The van der Waals surface area contributed by atoms with Gasteiger partial charge in [-0.2, -0.15) is 0 Å². The van der Waals surface area contributed by atoms with Crippen LogP contribution < -0.4 is 11.1 Å². The maximum atomic E-state index is 10.7. The summed E-state index contributed by atoms with van der Waals surface area (Å²) in [6, 6.07) is 0. The maximum Gasteiger partial charge on any atom is 0.225 e. The van der Waals surface area contributed by atoms with Crippen LogP contribution in [-0.2, 0) is 4.79 Å². The van der Waals surface area contributed by atoms with Crippen LogP contribution in [-0.4, -0.2) is 25.5 Å². The normalized spacial score (nSPS) is 8.45. The Kier molecular flexibility index (Phi) is 6.07. The van der Waals surface area contributed by atoms with Crippen LogP contribution in [0.25, 0.3) is 10.4 Å². The van der Waals surface area contributed by atoms with Crippen LogP contribution in [0.5, 0.6) is 0 Å². The van der Waals surface area contributed by atoms with Crippen molar-refractivity contribution in [3.63, 3.8) is 0 Å². The number of carbonyl (C=O) groups is 1. The number of nitrogens with one attached hydrogen (secondary N) is 1. The minimum absolute atomic E-state index is 0.138. The topological polar surface area (TPSA) is 104 Å². The molecule has 0 aromatic heterocycles. The van der Waals surface area contributed by atoms with Gasteiger partial charge in [0.05, 0.1) is 0 Å². The van der Waals surface area contributed by atoms with Gasteiger partial charge in [0.1, 0.15) is 6.54 Å². The number of hydrogen-bond donors (Lipinski definition) is 2. The van der Waals surface area contributed by atoms with E-state index in [-0.39, 0.29) is 12.5 Å². The molecule has 0 atom stereocenters. The molecule has 0 saturated heterocycles. The van der Waals surface area contributed by atoms with Gasteiger partial charge in [-0.25, -0.2) is 0 Å². The SMILES string of the molecule is [N-]=[N+]=NCC(=O)NCCCN. The zero-order valence-corrected chi connectivity index (χ0v) is 6.16. The summed E-state index contributed by atoms with van der Waals surface area (Å²) < 4.78 is 0. The Bertz CT molecular complexity index is 162. The largest absolute Gasteiger partial charge is 0.356 e. The fraction of sp³-hybridized carbons (Fsp3) is 0.800. The van der Waals surface area contributed by atoms with Crippen LogP contribution in [0.2, 0.25) is 0 Å². The molecule has 0 saturated carbocycles. The molecule has 3 N–H and O–H groups in total. The van der Waals surface area contributed by atoms with E-state index in [4.69, 9.17) is 11.3 Å². The lowest BCUT2D eigenvalue weighted by Gasteiger charge is -1.99. The second kappa shape index (κ2) is 6.85. The molecule has 0 bridgehead atoms. The molecule has 6 heteroatoms. The Morgan fingerprint density at radius 2 is 2.45 bits per heavy atom. The number of rotatable bonds is 5. The van der Waals surface area contributed by atoms with Gasteiger partial charge in [0.15, 0.2) is 0 Å². The van der Waals surface area contributed by atoms with Gasteiger partial charge in [-0.05, 0) is 18.5 Å². The highest BCUT2D eigenvalue weighted by Crippen LogP contribution is 1.74. The van der Waals surface area contributed by atoms with Gasteiger partial charge in [-0.15, -0.1) is 0 Å². The minimum atomic E-state index is -0.267. The fourth-order valence-electron chi connectivity index (χ4n) is 0.482. The Morgan fingerprint density at radius 1 is 1.73 bits per heavy atom. The molecule has 62 valence electrons. The first kappa shape index (κ1) is 9.74. The highest BCUT2D eigenvalue weighted by atomic mass is 16.1. The molecule has 0 fully saturated rings. The highest BCUT2D eigenvalue weighted by molar-refractivity contribution is 5.78. The van der Waals surface area contributed by atoms with Crippen LogP contribution >= 0.6 is 0 Å². The summed E-state index contributed by atoms with van der Waals surface area (Å²) in [6.07, 6.45) is 0.738. The number of carbonyl (C=O) groups excluding carboxylic acids is 1. The van der Waals surface area contributed by atoms with Crippen molar-refractivity contribution in [1.82, 2.24) is 5.32 Å². The summed E-state index contributed by atoms with van der Waals surface area (Å²) in [6.45, 7) is 0.944. The molecule has 1 amide bonds. The van der Waals surface area contributed by atoms with Crippen molar-refractivity contribution in [2.45, 2.75) is 6.42 Å². The molecule has 0 aliphatic carbocycles. The van der Waals surface area contributed by atoms with Gasteiger partial charge in [0.25, 0.3) is 0 Å². The Hall–Kier alpha value is -1.26. The van der Waals surface area contributed by atoms with Gasteiger partial charge in [-0.1, -0.05) is 5.11 Å². The number of amides is 1. The third-order valence-electron chi connectivity index (χ3n) is 0.981. The molecule has 0 spiro atoms. The predicted molar refractivity (Wildman–Crippen MR) is 40.7 cm³/mol. The lowest BCUT2D eigenvalue weighted by atomic mass is 10.4. The van der Waals surface area contributed by atoms with E-state index in [2.05, 4.69) is 15.3 Å². The average molecular weight is 157 g/mol. The molecule has 0 heterocycles. The molecule has 0 aromatic carbocycles. The zero-order chi connectivity index (χ0) is 8.53. The van der Waals surface area contributed by atoms with Crippen molar-refractivity contribution in [2.24, 2.45) is 10.8 Å². The summed E-state index contributed by atoms with van der Waals surface area (Å²) in [5, 5.41) is 5.62. The Balaban J connectivity index is 3.29. The van der Waals surface area contributed by atoms with Gasteiger partial charge < -0.3 is 11.1 Å². The standard InChI is InChI=1S/C5H11N5O/c6-2-1-3-8-5(11)4-9-10-7/h1-4,6H2,(H,8,11). The summed E-state index contributed by atoms with van der Waals surface area (Å²) in [5.74, 6) is -0.267. The highest BCUT2D eigenvalue weighted by Gasteiger charge is 1.95. The molecular weight excluding hydrogens is 146 g/mol. The van der Waals surface area contributed by atoms with E-state index in [1.807, 2.05) is 0 Å². The number of nitrogens with zero attached hydrogens (tertiary/aromatic N) is 3. The molecule has 0 aromatic rings. The Morgan fingerprint density at radius 3 is 3.00 bits per heavy atom. The zero-order valence-electron chi connectivity index (χ0n) is 6.16. The van der Waals surface area contributed by atoms with E-state index >= 15 is 0 Å². The maximum absolute atomic E-state index is 10.7. The molecule has 6 nitrogen and oxygen atoms in total. The van der Waals surface area contributed by atoms with E-state index < -0.39 is 0 Å². The molecule has 11 heavy (non-hydrogen) atoms. The van der Waals surface area contributed by atoms with Crippen LogP contribution in [0.3, 0.4) is 0 Å². The van der Waals surface area contributed by atoms with Crippen molar-refractivity contribution >= 4 is 5.91 Å². The van der Waals surface area contributed by atoms with Gasteiger partial charge in [-0.3, -0.25) is 4.79 Å². The van der Waals surface area contributed by atoms with Crippen molar-refractivity contribution in [1.29, 1.82) is 0 Å². The van der Waals surface area contributed by atoms with Gasteiger partial charge in [0.2, 0.25) is 5.91 Å². The van der Waals surface area contributed by atoms with Gasteiger partial charge in [0, 0.05) is 11.5 Å². The van der Waals surface area contributed by atoms with Crippen molar-refractivity contribution in [3.8, 4) is 0 Å². The average Bonchev–Trinajstić information content (AvgIpc) is 2.01. The quantitative estimate of drug-likeness (QED) is 0.249. The first-order chi connectivity index (χ1) is 5.31. The lowest BCUT2D eigenvalue weighted by Crippen LogP contribution is -2.27. The Labute approximate surface area is 64.4 Å². The van der Waals surface area contributed by atoms with E-state index in [9.17, 15) is 4.79 Å². The predicted octanol–water partition coefficient (Wildman–Crippen LogP) is -0.238. The number of nitrogens with two attached hydrogens (primary N) is 1. The fourth-order valence-corrected chi connectivity index (χ4v) is 0.482. The third kappa shape index (κ3) is 6.63. The van der Waals surface area contributed by atoms with Crippen LogP contribution in [0.15, 0.2) is 5.11 Å². The molecule has 0 aliphatic rings. The van der Waals surface area contributed by atoms with Crippen molar-refractivity contribution in [2.75, 3.05) is 19.6 Å². The van der Waals surface area contributed by atoms with Crippen molar-refractivity contribution < 1.29 is 4.79 Å². The summed E-state index contributed by atoms with van der Waals surface area (Å²) >= 11 is 0. The molecule has 0 unspecified atom stereocenters. The van der Waals surface area contributed by atoms with E-state index in [1.54, 1.807) is 0 Å². The molecule has 0 radical (unpaired) electrons. The second-order valence-corrected chi connectivity index (χ2v) is 1.88. The number of azide groups is 1. The van der Waals surface area contributed by atoms with E-state index in [0.717, 1.165) is 6.42 Å². The summed E-state index contributed by atoms with van der Waals surface area (Å²) in [7, 11) is 0. The smallest absolute Gasteiger partial charge is 0.225 e. The van der Waals surface area contributed by atoms with Gasteiger partial charge >= 0.3 is 0 Å². The molecule has 0 rings (SSSR count). The van der Waals surface area contributed by atoms with Crippen LogP contribution in [0, 0.1) is 0 Å². The van der Waals surface area contributed by atoms with E-state index in [1.165, 1.54) is 0 Å². The van der Waals surface area contributed by atoms with Crippen LogP contribution in [0.1, 0.15) is 6.42 Å². The molecular formula is C5H11N5O. The first-order valence-electron chi connectivity index (χ1n) is 3.29. The molecule has 0 aliphatic heterocycles. The lowest BCUT2D eigenvalue weighted by molar-refractivity contribution is -0.119. The number of hydrogen-bond acceptors (Lipinski definition) is 3. The second-order valence-electron chi connectivity index (χ2n) is 1.88. The summed E-state index contributed by atoms with van der Waals surface area (Å²) in [5.41, 5.74) is 13.0.